The van der Waals surface area contributed by atoms with E-state index in [0.29, 0.717) is 73.2 Å². The van der Waals surface area contributed by atoms with Gasteiger partial charge in [-0.2, -0.15) is 0 Å². The second-order valence-electron chi connectivity index (χ2n) is 15.4. The number of morpholine rings is 1. The average Bonchev–Trinajstić information content (AvgIpc) is 3.68. The summed E-state index contributed by atoms with van der Waals surface area (Å²) in [6.07, 6.45) is 0.825. The molecule has 0 bridgehead atoms. The van der Waals surface area contributed by atoms with E-state index in [9.17, 15) is 14.7 Å². The lowest BCUT2D eigenvalue weighted by Gasteiger charge is -2.41. The molecule has 60 heavy (non-hydrogen) atoms. The molecule has 12 heteroatoms. The lowest BCUT2D eigenvalue weighted by Crippen LogP contribution is -2.52. The molecule has 9 rings (SSSR count). The summed E-state index contributed by atoms with van der Waals surface area (Å²) in [5.74, 6) is 0.108. The van der Waals surface area contributed by atoms with Crippen LogP contribution < -0.4 is 9.64 Å². The normalized spacial score (nSPS) is 16.4. The van der Waals surface area contributed by atoms with Gasteiger partial charge in [0.2, 0.25) is 0 Å². The minimum atomic E-state index is -0.447. The third kappa shape index (κ3) is 8.14. The van der Waals surface area contributed by atoms with E-state index in [4.69, 9.17) is 14.5 Å². The Bertz CT molecular complexity index is 2520. The molecule has 0 unspecified atom stereocenters. The zero-order valence-corrected chi connectivity index (χ0v) is 34.1. The number of nitrogens with zero attached hydrogens (tertiary/aromatic N) is 5. The molecule has 0 aliphatic carbocycles. The number of carbonyl (C=O) groups is 3. The number of hydrogen-bond donors (Lipinski definition) is 1. The molecule has 1 N–H and O–H groups in total. The Morgan fingerprint density at radius 1 is 0.800 bits per heavy atom. The number of fused-ring (bicyclic) bond motifs is 2. The lowest BCUT2D eigenvalue weighted by atomic mass is 9.89. The van der Waals surface area contributed by atoms with Crippen molar-refractivity contribution in [3.8, 4) is 22.8 Å². The van der Waals surface area contributed by atoms with Gasteiger partial charge in [0.05, 0.1) is 18.9 Å². The zero-order chi connectivity index (χ0) is 41.2. The number of aromatic hydroxyl groups is 1. The highest BCUT2D eigenvalue weighted by Gasteiger charge is 2.35. The first-order chi connectivity index (χ1) is 29.3. The number of amides is 3. The van der Waals surface area contributed by atoms with Gasteiger partial charge >= 0.3 is 6.09 Å². The maximum absolute atomic E-state index is 15.4. The number of aryl methyl sites for hydroxylation is 1. The van der Waals surface area contributed by atoms with Gasteiger partial charge in [-0.05, 0) is 103 Å². The summed E-state index contributed by atoms with van der Waals surface area (Å²) in [4.78, 5) is 56.9. The molecular weight excluding hydrogens is 775 g/mol. The third-order valence-electron chi connectivity index (χ3n) is 11.5. The molecule has 6 aromatic rings. The third-order valence-corrected chi connectivity index (χ3v) is 12.5. The van der Waals surface area contributed by atoms with E-state index in [1.165, 1.54) is 16.9 Å². The summed E-state index contributed by atoms with van der Waals surface area (Å²) in [6.45, 7) is 6.75. The maximum Gasteiger partial charge on any atom is 0.415 e. The fourth-order valence-corrected chi connectivity index (χ4v) is 9.27. The second kappa shape index (κ2) is 17.1. The van der Waals surface area contributed by atoms with Gasteiger partial charge in [0, 0.05) is 72.7 Å². The predicted octanol–water partition coefficient (Wildman–Crippen LogP) is 8.26. The lowest BCUT2D eigenvalue weighted by molar-refractivity contribution is 0.0193. The molecule has 1 fully saturated rings. The summed E-state index contributed by atoms with van der Waals surface area (Å²) in [6, 6.07) is 37.1. The van der Waals surface area contributed by atoms with E-state index in [1.54, 1.807) is 46.2 Å². The predicted molar refractivity (Wildman–Crippen MR) is 231 cm³/mol. The molecular formula is C48H45N5O6S. The van der Waals surface area contributed by atoms with Crippen molar-refractivity contribution in [2.75, 3.05) is 44.3 Å². The molecule has 5 aromatic carbocycles. The number of benzene rings is 5. The SMILES string of the molecule is Cc1sc(C(=O)N(c2ccccc2)c2ccc(O)cc2)nc1-c1cc2c(cc1C(=O)N1Cc3ccccc3C[C@H]1CN1CCOCC1)CN(C(=O)Oc1ccccc1)CC2. The van der Waals surface area contributed by atoms with Crippen LogP contribution in [0, 0.1) is 6.92 Å². The van der Waals surface area contributed by atoms with Gasteiger partial charge in [-0.3, -0.25) is 19.4 Å². The topological polar surface area (TPSA) is 116 Å². The summed E-state index contributed by atoms with van der Waals surface area (Å²) in [5.41, 5.74) is 7.17. The number of phenolic OH excluding ortho intramolecular Hbond substituents is 1. The number of anilines is 2. The van der Waals surface area contributed by atoms with Crippen LogP contribution in [0.25, 0.3) is 11.3 Å². The van der Waals surface area contributed by atoms with Gasteiger partial charge in [0.15, 0.2) is 5.01 Å². The van der Waals surface area contributed by atoms with Gasteiger partial charge < -0.3 is 24.4 Å². The monoisotopic (exact) mass is 819 g/mol. The highest BCUT2D eigenvalue weighted by atomic mass is 32.1. The Labute approximate surface area is 353 Å². The number of carbonyl (C=O) groups excluding carboxylic acids is 3. The van der Waals surface area contributed by atoms with E-state index in [1.807, 2.05) is 78.6 Å². The maximum atomic E-state index is 15.4. The molecule has 1 atom stereocenters. The molecule has 0 saturated carbocycles. The highest BCUT2D eigenvalue weighted by Crippen LogP contribution is 2.38. The first-order valence-electron chi connectivity index (χ1n) is 20.3. The van der Waals surface area contributed by atoms with Crippen molar-refractivity contribution < 1.29 is 29.0 Å². The second-order valence-corrected chi connectivity index (χ2v) is 16.6. The number of aromatic nitrogens is 1. The van der Waals surface area contributed by atoms with E-state index >= 15 is 4.79 Å². The average molecular weight is 820 g/mol. The van der Waals surface area contributed by atoms with E-state index < -0.39 is 6.09 Å². The van der Waals surface area contributed by atoms with Crippen molar-refractivity contribution in [2.24, 2.45) is 0 Å². The molecule has 3 amide bonds. The molecule has 1 aromatic heterocycles. The summed E-state index contributed by atoms with van der Waals surface area (Å²) >= 11 is 1.29. The van der Waals surface area contributed by atoms with E-state index in [2.05, 4.69) is 23.1 Å². The van der Waals surface area contributed by atoms with Crippen LogP contribution >= 0.6 is 11.3 Å². The summed E-state index contributed by atoms with van der Waals surface area (Å²) in [7, 11) is 0. The van der Waals surface area contributed by atoms with E-state index in [-0.39, 0.29) is 35.2 Å². The van der Waals surface area contributed by atoms with Crippen molar-refractivity contribution in [1.82, 2.24) is 19.7 Å². The minimum absolute atomic E-state index is 0.0925. The fraction of sp³-hybridized carbons (Fsp3) is 0.250. The Morgan fingerprint density at radius 2 is 1.48 bits per heavy atom. The Kier molecular flexibility index (Phi) is 11.2. The Hall–Kier alpha value is -6.34. The van der Waals surface area contributed by atoms with Crippen LogP contribution in [-0.2, 0) is 30.7 Å². The van der Waals surface area contributed by atoms with Gasteiger partial charge in [0.1, 0.15) is 11.5 Å². The van der Waals surface area contributed by atoms with Crippen molar-refractivity contribution in [3.63, 3.8) is 0 Å². The van der Waals surface area contributed by atoms with Crippen LogP contribution in [0.1, 0.15) is 47.3 Å². The first kappa shape index (κ1) is 39.1. The molecule has 3 aliphatic rings. The first-order valence-corrected chi connectivity index (χ1v) is 21.1. The van der Waals surface area contributed by atoms with Crippen LogP contribution in [0.3, 0.4) is 0 Å². The Balaban J connectivity index is 1.11. The standard InChI is InChI=1S/C48H45N5O6S/c1-32-44(49-45(60-32)47(56)53(37-12-4-2-5-13-37)38-16-18-40(54)19-17-38)42-27-34-20-21-51(48(57)59-41-14-6-3-7-15-41)29-36(34)28-43(42)46(55)52-30-35-11-9-8-10-33(35)26-39(52)31-50-22-24-58-25-23-50/h2-19,27-28,39,54H,20-26,29-31H2,1H3/t39-/m0/s1. The van der Waals surface area contributed by atoms with Crippen molar-refractivity contribution in [1.29, 1.82) is 0 Å². The quantitative estimate of drug-likeness (QED) is 0.163. The molecule has 304 valence electrons. The fourth-order valence-electron chi connectivity index (χ4n) is 8.41. The van der Waals surface area contributed by atoms with Gasteiger partial charge in [-0.15, -0.1) is 11.3 Å². The number of phenols is 1. The van der Waals surface area contributed by atoms with Crippen LogP contribution in [-0.4, -0.2) is 88.1 Å². The van der Waals surface area contributed by atoms with Crippen LogP contribution in [0.15, 0.2) is 121 Å². The summed E-state index contributed by atoms with van der Waals surface area (Å²) in [5, 5.41) is 10.3. The number of rotatable bonds is 8. The number of ether oxygens (including phenoxy) is 2. The smallest absolute Gasteiger partial charge is 0.415 e. The molecule has 11 nitrogen and oxygen atoms in total. The van der Waals surface area contributed by atoms with Crippen LogP contribution in [0.4, 0.5) is 16.2 Å². The molecule has 0 spiro atoms. The number of para-hydroxylation sites is 2. The molecule has 0 radical (unpaired) electrons. The van der Waals surface area contributed by atoms with Gasteiger partial charge in [-0.1, -0.05) is 60.7 Å². The van der Waals surface area contributed by atoms with Gasteiger partial charge in [0.25, 0.3) is 11.8 Å². The molecule has 3 aliphatic heterocycles. The van der Waals surface area contributed by atoms with Crippen molar-refractivity contribution >= 4 is 40.6 Å². The molecule has 1 saturated heterocycles. The number of thiazole rings is 1. The zero-order valence-electron chi connectivity index (χ0n) is 33.3. The van der Waals surface area contributed by atoms with Crippen LogP contribution in [0.2, 0.25) is 0 Å². The van der Waals surface area contributed by atoms with Gasteiger partial charge in [-0.25, -0.2) is 9.78 Å². The summed E-state index contributed by atoms with van der Waals surface area (Å²) < 4.78 is 11.4. The Morgan fingerprint density at radius 3 is 2.23 bits per heavy atom. The minimum Gasteiger partial charge on any atom is -0.508 e. The highest BCUT2D eigenvalue weighted by molar-refractivity contribution is 7.14. The van der Waals surface area contributed by atoms with Crippen molar-refractivity contribution in [3.05, 3.63) is 159 Å². The molecule has 4 heterocycles. The largest absolute Gasteiger partial charge is 0.508 e. The van der Waals surface area contributed by atoms with Crippen molar-refractivity contribution in [2.45, 2.75) is 38.9 Å². The van der Waals surface area contributed by atoms with E-state index in [0.717, 1.165) is 41.1 Å². The number of hydrogen-bond acceptors (Lipinski definition) is 9. The van der Waals surface area contributed by atoms with Crippen LogP contribution in [0.5, 0.6) is 11.5 Å².